The van der Waals surface area contributed by atoms with Crippen LogP contribution in [0, 0.1) is 0 Å². The Kier molecular flexibility index (Phi) is 3.50. The molecule has 1 heterocycles. The van der Waals surface area contributed by atoms with Gasteiger partial charge in [0.25, 0.3) is 0 Å². The maximum Gasteiger partial charge on any atom is 0.0484 e. The number of para-hydroxylation sites is 2. The molecule has 2 aliphatic rings. The van der Waals surface area contributed by atoms with Crippen molar-refractivity contribution in [1.82, 2.24) is 4.90 Å². The van der Waals surface area contributed by atoms with E-state index < -0.39 is 0 Å². The summed E-state index contributed by atoms with van der Waals surface area (Å²) in [6.07, 6.45) is 3.55. The van der Waals surface area contributed by atoms with Gasteiger partial charge < -0.3 is 9.80 Å². The molecule has 118 valence electrons. The van der Waals surface area contributed by atoms with Gasteiger partial charge in [-0.3, -0.25) is 0 Å². The fourth-order valence-corrected chi connectivity index (χ4v) is 4.11. The zero-order valence-corrected chi connectivity index (χ0v) is 14.2. The molecule has 4 rings (SSSR count). The maximum atomic E-state index is 2.38. The molecule has 1 unspecified atom stereocenters. The van der Waals surface area contributed by atoms with Crippen LogP contribution in [0.2, 0.25) is 0 Å². The zero-order chi connectivity index (χ0) is 16.0. The van der Waals surface area contributed by atoms with Gasteiger partial charge in [-0.2, -0.15) is 0 Å². The summed E-state index contributed by atoms with van der Waals surface area (Å²) in [5.74, 6) is 0. The molecule has 1 atom stereocenters. The van der Waals surface area contributed by atoms with E-state index in [9.17, 15) is 0 Å². The van der Waals surface area contributed by atoms with Crippen molar-refractivity contribution in [3.05, 3.63) is 59.7 Å². The van der Waals surface area contributed by atoms with E-state index >= 15 is 0 Å². The molecule has 0 N–H and O–H groups in total. The quantitative estimate of drug-likeness (QED) is 0.747. The number of nitrogens with zero attached hydrogens (tertiary/aromatic N) is 2. The van der Waals surface area contributed by atoms with E-state index in [0.717, 1.165) is 12.8 Å². The molecule has 0 bridgehead atoms. The van der Waals surface area contributed by atoms with Gasteiger partial charge in [-0.15, -0.1) is 0 Å². The minimum atomic E-state index is 0.636. The third kappa shape index (κ3) is 2.29. The number of rotatable bonds is 1. The van der Waals surface area contributed by atoms with Crippen LogP contribution in [0.25, 0.3) is 11.1 Å². The third-order valence-corrected chi connectivity index (χ3v) is 5.44. The Morgan fingerprint density at radius 1 is 0.870 bits per heavy atom. The monoisotopic (exact) mass is 304 g/mol. The Labute approximate surface area is 139 Å². The lowest BCUT2D eigenvalue weighted by Crippen LogP contribution is -2.30. The third-order valence-electron chi connectivity index (χ3n) is 5.44. The fourth-order valence-electron chi connectivity index (χ4n) is 4.11. The van der Waals surface area contributed by atoms with Crippen LogP contribution in [0.3, 0.4) is 0 Å². The first-order chi connectivity index (χ1) is 11.2. The minimum Gasteiger partial charge on any atom is -0.344 e. The maximum absolute atomic E-state index is 2.38. The summed E-state index contributed by atoms with van der Waals surface area (Å²) in [6.45, 7) is 0. The molecule has 0 saturated heterocycles. The van der Waals surface area contributed by atoms with Gasteiger partial charge in [0.1, 0.15) is 0 Å². The van der Waals surface area contributed by atoms with Gasteiger partial charge in [0.15, 0.2) is 0 Å². The molecule has 0 spiro atoms. The summed E-state index contributed by atoms with van der Waals surface area (Å²) >= 11 is 0. The van der Waals surface area contributed by atoms with Crippen molar-refractivity contribution in [2.75, 3.05) is 26.0 Å². The Hall–Kier alpha value is -2.06. The molecule has 2 aromatic carbocycles. The van der Waals surface area contributed by atoms with E-state index in [4.69, 9.17) is 0 Å². The Balaban J connectivity index is 1.97. The SMILES string of the molecule is CN1c2ccccc2C2=C(CC(N(C)C)CC2)c2ccccc21. The van der Waals surface area contributed by atoms with Gasteiger partial charge in [-0.1, -0.05) is 36.4 Å². The lowest BCUT2D eigenvalue weighted by Gasteiger charge is -2.32. The average molecular weight is 304 g/mol. The lowest BCUT2D eigenvalue weighted by molar-refractivity contribution is 0.281. The van der Waals surface area contributed by atoms with Gasteiger partial charge in [0, 0.05) is 35.6 Å². The van der Waals surface area contributed by atoms with Gasteiger partial charge in [0.2, 0.25) is 0 Å². The van der Waals surface area contributed by atoms with Gasteiger partial charge in [0.05, 0.1) is 0 Å². The predicted molar refractivity (Wildman–Crippen MR) is 99.1 cm³/mol. The molecule has 1 aliphatic heterocycles. The van der Waals surface area contributed by atoms with E-state index in [0.29, 0.717) is 6.04 Å². The number of anilines is 2. The molecule has 2 nitrogen and oxygen atoms in total. The van der Waals surface area contributed by atoms with Crippen molar-refractivity contribution in [3.8, 4) is 0 Å². The van der Waals surface area contributed by atoms with E-state index in [1.54, 1.807) is 11.1 Å². The number of allylic oxidation sites excluding steroid dienone is 1. The van der Waals surface area contributed by atoms with Crippen LogP contribution in [-0.2, 0) is 0 Å². The molecular formula is C21H24N2. The van der Waals surface area contributed by atoms with Crippen LogP contribution in [-0.4, -0.2) is 32.1 Å². The molecule has 0 amide bonds. The van der Waals surface area contributed by atoms with Crippen LogP contribution in [0.4, 0.5) is 11.4 Å². The van der Waals surface area contributed by atoms with E-state index in [1.165, 1.54) is 28.9 Å². The van der Waals surface area contributed by atoms with Crippen molar-refractivity contribution in [2.24, 2.45) is 0 Å². The van der Waals surface area contributed by atoms with Crippen LogP contribution in [0.15, 0.2) is 48.5 Å². The van der Waals surface area contributed by atoms with Crippen molar-refractivity contribution in [1.29, 1.82) is 0 Å². The van der Waals surface area contributed by atoms with Crippen LogP contribution in [0.5, 0.6) is 0 Å². The highest BCUT2D eigenvalue weighted by Gasteiger charge is 2.29. The average Bonchev–Trinajstić information content (AvgIpc) is 2.70. The molecule has 0 radical (unpaired) electrons. The molecule has 23 heavy (non-hydrogen) atoms. The highest BCUT2D eigenvalue weighted by atomic mass is 15.1. The van der Waals surface area contributed by atoms with Crippen molar-refractivity contribution < 1.29 is 0 Å². The highest BCUT2D eigenvalue weighted by Crippen LogP contribution is 2.48. The molecule has 0 saturated carbocycles. The summed E-state index contributed by atoms with van der Waals surface area (Å²) in [6, 6.07) is 18.4. The molecule has 1 aliphatic carbocycles. The number of benzene rings is 2. The second-order valence-electron chi connectivity index (χ2n) is 6.91. The number of hydrogen-bond donors (Lipinski definition) is 0. The second kappa shape index (κ2) is 5.54. The van der Waals surface area contributed by atoms with E-state index in [1.807, 2.05) is 0 Å². The van der Waals surface area contributed by atoms with Crippen molar-refractivity contribution in [3.63, 3.8) is 0 Å². The smallest absolute Gasteiger partial charge is 0.0484 e. The van der Waals surface area contributed by atoms with Crippen LogP contribution >= 0.6 is 0 Å². The standard InChI is InChI=1S/C21H24N2/c1-22(2)15-12-13-16-17-8-4-6-10-20(17)23(3)21-11-7-5-9-18(21)19(16)14-15/h4-11,15H,12-14H2,1-3H3. The normalized spacial score (nSPS) is 20.0. The van der Waals surface area contributed by atoms with Gasteiger partial charge in [-0.25, -0.2) is 0 Å². The number of hydrogen-bond acceptors (Lipinski definition) is 2. The topological polar surface area (TPSA) is 6.48 Å². The van der Waals surface area contributed by atoms with Crippen LogP contribution in [0.1, 0.15) is 30.4 Å². The second-order valence-corrected chi connectivity index (χ2v) is 6.91. The summed E-state index contributed by atoms with van der Waals surface area (Å²) < 4.78 is 0. The highest BCUT2D eigenvalue weighted by molar-refractivity contribution is 6.01. The summed E-state index contributed by atoms with van der Waals surface area (Å²) in [4.78, 5) is 4.74. The molecule has 2 heteroatoms. The first-order valence-corrected chi connectivity index (χ1v) is 8.48. The first kappa shape index (κ1) is 14.5. The zero-order valence-electron chi connectivity index (χ0n) is 14.2. The first-order valence-electron chi connectivity index (χ1n) is 8.48. The Bertz CT molecular complexity index is 773. The molecular weight excluding hydrogens is 280 g/mol. The predicted octanol–water partition coefficient (Wildman–Crippen LogP) is 4.79. The molecule has 2 aromatic rings. The summed E-state index contributed by atoms with van der Waals surface area (Å²) in [7, 11) is 6.61. The Morgan fingerprint density at radius 3 is 2.04 bits per heavy atom. The van der Waals surface area contributed by atoms with Gasteiger partial charge >= 0.3 is 0 Å². The van der Waals surface area contributed by atoms with E-state index in [-0.39, 0.29) is 0 Å². The summed E-state index contributed by atoms with van der Waals surface area (Å²) in [5, 5.41) is 0. The minimum absolute atomic E-state index is 0.636. The fraction of sp³-hybridized carbons (Fsp3) is 0.333. The van der Waals surface area contributed by atoms with Crippen molar-refractivity contribution in [2.45, 2.75) is 25.3 Å². The largest absolute Gasteiger partial charge is 0.344 e. The Morgan fingerprint density at radius 2 is 1.43 bits per heavy atom. The number of fused-ring (bicyclic) bond motifs is 4. The van der Waals surface area contributed by atoms with E-state index in [2.05, 4.69) is 79.5 Å². The molecule has 0 fully saturated rings. The van der Waals surface area contributed by atoms with Gasteiger partial charge in [-0.05, 0) is 56.6 Å². The van der Waals surface area contributed by atoms with Crippen molar-refractivity contribution >= 4 is 22.5 Å². The summed E-state index contributed by atoms with van der Waals surface area (Å²) in [5.41, 5.74) is 8.57. The van der Waals surface area contributed by atoms with Crippen LogP contribution < -0.4 is 4.90 Å². The molecule has 0 aromatic heterocycles. The lowest BCUT2D eigenvalue weighted by atomic mass is 9.81.